The van der Waals surface area contributed by atoms with Crippen LogP contribution in [-0.2, 0) is 0 Å². The summed E-state index contributed by atoms with van der Waals surface area (Å²) >= 11 is 2.22. The zero-order chi connectivity index (χ0) is 19.9. The highest BCUT2D eigenvalue weighted by molar-refractivity contribution is 14.2. The molecule has 148 valence electrons. The normalized spacial score (nSPS) is 20.6. The molecule has 28 heavy (non-hydrogen) atoms. The number of phenolic OH excluding ortho intramolecular Hbond substituents is 1. The van der Waals surface area contributed by atoms with Crippen LogP contribution < -0.4 is 9.26 Å². The second kappa shape index (κ2) is 10.3. The number of phenols is 1. The molecule has 0 aromatic heterocycles. The van der Waals surface area contributed by atoms with Crippen LogP contribution in [0.1, 0.15) is 43.7 Å². The molecule has 0 saturated heterocycles. The standard InChI is InChI=1S/C21H20IO3P.C2H6/c22-26-25-17-10-11-18-20(12-17)24-13-19(14-4-2-1-3-5-14)21(18)15-6-8-16(23)9-7-15;1-2/h2,4-12,19,21,23,26H,1,3,13H2;1-2H3. The van der Waals surface area contributed by atoms with Crippen molar-refractivity contribution in [2.45, 2.75) is 32.6 Å². The molecule has 3 nitrogen and oxygen atoms in total. The van der Waals surface area contributed by atoms with Gasteiger partial charge in [0.25, 0.3) is 0 Å². The van der Waals surface area contributed by atoms with Gasteiger partial charge in [-0.05, 0) is 64.2 Å². The maximum Gasteiger partial charge on any atom is 0.137 e. The summed E-state index contributed by atoms with van der Waals surface area (Å²) in [6.45, 7) is 5.02. The summed E-state index contributed by atoms with van der Waals surface area (Å²) in [5, 5.41) is 9.70. The van der Waals surface area contributed by atoms with E-state index in [2.05, 4.69) is 46.3 Å². The zero-order valence-electron chi connectivity index (χ0n) is 16.2. The van der Waals surface area contributed by atoms with E-state index in [1.807, 2.05) is 38.1 Å². The van der Waals surface area contributed by atoms with Crippen LogP contribution in [0.5, 0.6) is 17.2 Å². The number of allylic oxidation sites excluding steroid dienone is 3. The van der Waals surface area contributed by atoms with Gasteiger partial charge in [-0.15, -0.1) is 0 Å². The Morgan fingerprint density at radius 3 is 2.57 bits per heavy atom. The molecule has 3 atom stereocenters. The van der Waals surface area contributed by atoms with E-state index in [0.29, 0.717) is 18.8 Å². The van der Waals surface area contributed by atoms with Crippen molar-refractivity contribution >= 4 is 28.5 Å². The third-order valence-corrected chi connectivity index (χ3v) is 5.97. The van der Waals surface area contributed by atoms with Gasteiger partial charge < -0.3 is 14.4 Å². The predicted octanol–water partition coefficient (Wildman–Crippen LogP) is 7.16. The van der Waals surface area contributed by atoms with E-state index in [0.717, 1.165) is 24.3 Å². The SMILES string of the molecule is CC.Oc1ccc(C2c3ccc(OPI)cc3OCC2C2=CCCC=C2)cc1. The first-order chi connectivity index (χ1) is 13.8. The maximum atomic E-state index is 9.70. The van der Waals surface area contributed by atoms with E-state index in [4.69, 9.17) is 9.26 Å². The van der Waals surface area contributed by atoms with Gasteiger partial charge in [0, 0.05) is 23.5 Å². The second-order valence-corrected chi connectivity index (χ2v) is 8.23. The van der Waals surface area contributed by atoms with Crippen LogP contribution in [-0.4, -0.2) is 11.7 Å². The summed E-state index contributed by atoms with van der Waals surface area (Å²) in [7, 11) is 0. The molecule has 2 aliphatic rings. The lowest BCUT2D eigenvalue weighted by atomic mass is 9.74. The maximum absolute atomic E-state index is 9.70. The molecule has 1 heterocycles. The van der Waals surface area contributed by atoms with Crippen molar-refractivity contribution in [3.63, 3.8) is 0 Å². The second-order valence-electron chi connectivity index (χ2n) is 6.55. The molecule has 0 spiro atoms. The minimum atomic E-state index is 0.199. The molecule has 0 radical (unpaired) electrons. The molecule has 1 N–H and O–H groups in total. The zero-order valence-corrected chi connectivity index (χ0v) is 19.3. The van der Waals surface area contributed by atoms with Gasteiger partial charge in [0.05, 0.1) is 6.61 Å². The molecular formula is C23H26IO3P. The first-order valence-corrected chi connectivity index (χ1v) is 13.7. The van der Waals surface area contributed by atoms with Gasteiger partial charge in [-0.3, -0.25) is 0 Å². The van der Waals surface area contributed by atoms with Crippen molar-refractivity contribution in [1.29, 1.82) is 0 Å². The first kappa shape index (κ1) is 21.2. The molecule has 0 fully saturated rings. The molecule has 1 aliphatic carbocycles. The van der Waals surface area contributed by atoms with E-state index < -0.39 is 0 Å². The Hall–Kier alpha value is -1.52. The van der Waals surface area contributed by atoms with Crippen LogP contribution in [0, 0.1) is 5.92 Å². The lowest BCUT2D eigenvalue weighted by Crippen LogP contribution is -2.28. The van der Waals surface area contributed by atoms with Gasteiger partial charge in [-0.2, -0.15) is 0 Å². The van der Waals surface area contributed by atoms with Crippen molar-refractivity contribution < 1.29 is 14.4 Å². The van der Waals surface area contributed by atoms with Crippen LogP contribution in [0.15, 0.2) is 66.3 Å². The fourth-order valence-electron chi connectivity index (χ4n) is 3.79. The Balaban J connectivity index is 0.00000109. The van der Waals surface area contributed by atoms with Gasteiger partial charge in [0.15, 0.2) is 0 Å². The molecule has 0 bridgehead atoms. The van der Waals surface area contributed by atoms with E-state index in [1.54, 1.807) is 12.1 Å². The average Bonchev–Trinajstić information content (AvgIpc) is 2.76. The minimum Gasteiger partial charge on any atom is -0.508 e. The van der Waals surface area contributed by atoms with Gasteiger partial charge in [0.1, 0.15) is 23.7 Å². The van der Waals surface area contributed by atoms with Crippen molar-refractivity contribution in [3.8, 4) is 17.2 Å². The van der Waals surface area contributed by atoms with E-state index in [9.17, 15) is 5.11 Å². The minimum absolute atomic E-state index is 0.199. The van der Waals surface area contributed by atoms with Gasteiger partial charge in [-0.1, -0.05) is 50.3 Å². The number of hydrogen-bond acceptors (Lipinski definition) is 3. The fraction of sp³-hybridized carbons (Fsp3) is 0.304. The predicted molar refractivity (Wildman–Crippen MR) is 126 cm³/mol. The van der Waals surface area contributed by atoms with Crippen molar-refractivity contribution in [1.82, 2.24) is 0 Å². The topological polar surface area (TPSA) is 38.7 Å². The number of halogens is 1. The Morgan fingerprint density at radius 2 is 1.89 bits per heavy atom. The summed E-state index contributed by atoms with van der Waals surface area (Å²) in [6, 6.07) is 13.7. The lowest BCUT2D eigenvalue weighted by Gasteiger charge is -2.35. The highest BCUT2D eigenvalue weighted by Gasteiger charge is 2.34. The molecule has 2 aromatic carbocycles. The summed E-state index contributed by atoms with van der Waals surface area (Å²) in [5.41, 5.74) is 3.71. The molecule has 2 aromatic rings. The van der Waals surface area contributed by atoms with Gasteiger partial charge in [-0.25, -0.2) is 0 Å². The molecule has 0 saturated carbocycles. The summed E-state index contributed by atoms with van der Waals surface area (Å²) in [4.78, 5) is 0. The van der Waals surface area contributed by atoms with Crippen LogP contribution in [0.4, 0.5) is 0 Å². The summed E-state index contributed by atoms with van der Waals surface area (Å²) < 4.78 is 11.8. The van der Waals surface area contributed by atoms with Crippen LogP contribution in [0.3, 0.4) is 0 Å². The van der Waals surface area contributed by atoms with Crippen LogP contribution in [0.25, 0.3) is 0 Å². The van der Waals surface area contributed by atoms with E-state index in [1.165, 1.54) is 16.7 Å². The van der Waals surface area contributed by atoms with E-state index in [-0.39, 0.29) is 11.8 Å². The highest BCUT2D eigenvalue weighted by Crippen LogP contribution is 2.46. The number of rotatable bonds is 4. The largest absolute Gasteiger partial charge is 0.508 e. The quantitative estimate of drug-likeness (QED) is 0.352. The lowest BCUT2D eigenvalue weighted by molar-refractivity contribution is 0.229. The number of hydrogen-bond donors (Lipinski definition) is 1. The molecule has 4 rings (SSSR count). The molecule has 5 heteroatoms. The number of fused-ring (bicyclic) bond motifs is 1. The third-order valence-electron chi connectivity index (χ3n) is 5.00. The first-order valence-electron chi connectivity index (χ1n) is 9.71. The van der Waals surface area contributed by atoms with Crippen molar-refractivity contribution in [2.75, 3.05) is 6.61 Å². The fourth-order valence-corrected chi connectivity index (χ4v) is 4.77. The average molecular weight is 508 g/mol. The van der Waals surface area contributed by atoms with Crippen LogP contribution in [0.2, 0.25) is 0 Å². The number of ether oxygens (including phenoxy) is 1. The Morgan fingerprint density at radius 1 is 1.11 bits per heavy atom. The van der Waals surface area contributed by atoms with Gasteiger partial charge >= 0.3 is 0 Å². The van der Waals surface area contributed by atoms with Gasteiger partial charge in [0.2, 0.25) is 0 Å². The number of aromatic hydroxyl groups is 1. The number of benzene rings is 2. The van der Waals surface area contributed by atoms with Crippen LogP contribution >= 0.6 is 28.5 Å². The molecular weight excluding hydrogens is 482 g/mol. The Labute approximate surface area is 182 Å². The smallest absolute Gasteiger partial charge is 0.137 e. The molecule has 3 unspecified atom stereocenters. The molecule has 1 aliphatic heterocycles. The Kier molecular flexibility index (Phi) is 7.81. The highest BCUT2D eigenvalue weighted by atomic mass is 127. The van der Waals surface area contributed by atoms with E-state index >= 15 is 0 Å². The Bertz CT molecular complexity index is 845. The monoisotopic (exact) mass is 508 g/mol. The third kappa shape index (κ3) is 4.72. The summed E-state index contributed by atoms with van der Waals surface area (Å²) in [6.07, 6.45) is 9.01. The van der Waals surface area contributed by atoms with Crippen molar-refractivity contribution in [3.05, 3.63) is 77.4 Å². The molecule has 0 amide bonds. The van der Waals surface area contributed by atoms with Crippen molar-refractivity contribution in [2.24, 2.45) is 5.92 Å². The summed E-state index contributed by atoms with van der Waals surface area (Å²) in [5.74, 6) is 2.50.